The van der Waals surface area contributed by atoms with Gasteiger partial charge in [0.1, 0.15) is 0 Å². The second kappa shape index (κ2) is 6.81. The van der Waals surface area contributed by atoms with Gasteiger partial charge in [-0.3, -0.25) is 9.69 Å². The van der Waals surface area contributed by atoms with Gasteiger partial charge in [-0.2, -0.15) is 0 Å². The van der Waals surface area contributed by atoms with E-state index in [0.29, 0.717) is 31.6 Å². The first-order valence-corrected chi connectivity index (χ1v) is 9.20. The van der Waals surface area contributed by atoms with Crippen LogP contribution in [-0.4, -0.2) is 58.6 Å². The topological polar surface area (TPSA) is 75.9 Å². The molecule has 1 amide bonds. The van der Waals surface area contributed by atoms with E-state index in [-0.39, 0.29) is 5.91 Å². The zero-order valence-corrected chi connectivity index (χ0v) is 15.6. The van der Waals surface area contributed by atoms with Gasteiger partial charge in [0.25, 0.3) is 5.91 Å². The predicted molar refractivity (Wildman–Crippen MR) is 97.1 cm³/mol. The van der Waals surface area contributed by atoms with E-state index in [1.807, 2.05) is 25.1 Å². The summed E-state index contributed by atoms with van der Waals surface area (Å²) < 4.78 is 10.8. The fraction of sp³-hybridized carbons (Fsp3) is 0.450. The molecule has 7 nitrogen and oxygen atoms in total. The lowest BCUT2D eigenvalue weighted by molar-refractivity contribution is -0.153. The highest BCUT2D eigenvalue weighted by Crippen LogP contribution is 2.30. The fourth-order valence-electron chi connectivity index (χ4n) is 3.81. The first-order chi connectivity index (χ1) is 12.9. The number of carbonyl (C=O) groups excluding carboxylic acids is 2. The number of fused-ring (bicyclic) bond motifs is 1. The van der Waals surface area contributed by atoms with Crippen LogP contribution in [0.25, 0.3) is 0 Å². The average molecular weight is 369 g/mol. The molecule has 1 atom stereocenters. The average Bonchev–Trinajstić information content (AvgIpc) is 3.06. The molecule has 142 valence electrons. The highest BCUT2D eigenvalue weighted by atomic mass is 16.6. The van der Waals surface area contributed by atoms with Gasteiger partial charge in [0.05, 0.1) is 17.8 Å². The number of ether oxygens (including phenoxy) is 1. The minimum atomic E-state index is -1.14. The van der Waals surface area contributed by atoms with Gasteiger partial charge in [-0.1, -0.05) is 23.4 Å². The van der Waals surface area contributed by atoms with Crippen molar-refractivity contribution in [3.63, 3.8) is 0 Å². The van der Waals surface area contributed by atoms with Gasteiger partial charge in [0.2, 0.25) is 0 Å². The van der Waals surface area contributed by atoms with E-state index in [9.17, 15) is 9.59 Å². The van der Waals surface area contributed by atoms with Crippen molar-refractivity contribution < 1.29 is 18.8 Å². The lowest BCUT2D eigenvalue weighted by Crippen LogP contribution is -2.57. The molecule has 1 aromatic carbocycles. The van der Waals surface area contributed by atoms with Gasteiger partial charge in [0.15, 0.2) is 11.4 Å². The highest BCUT2D eigenvalue weighted by molar-refractivity contribution is 5.97. The first kappa shape index (κ1) is 17.7. The van der Waals surface area contributed by atoms with E-state index in [1.54, 1.807) is 24.0 Å². The number of aromatic nitrogens is 1. The number of piperazine rings is 1. The molecule has 2 aliphatic rings. The number of hydrogen-bond acceptors (Lipinski definition) is 6. The normalized spacial score (nSPS) is 23.0. The van der Waals surface area contributed by atoms with E-state index in [4.69, 9.17) is 9.26 Å². The molecule has 2 aliphatic heterocycles. The summed E-state index contributed by atoms with van der Waals surface area (Å²) in [4.78, 5) is 29.5. The van der Waals surface area contributed by atoms with Crippen molar-refractivity contribution in [3.05, 3.63) is 52.9 Å². The summed E-state index contributed by atoms with van der Waals surface area (Å²) in [5.74, 6) is 0.282. The molecule has 0 N–H and O–H groups in total. The lowest BCUT2D eigenvalue weighted by Gasteiger charge is -2.40. The third-order valence-electron chi connectivity index (χ3n) is 5.25. The van der Waals surface area contributed by atoms with Crippen molar-refractivity contribution in [2.45, 2.75) is 32.4 Å². The van der Waals surface area contributed by atoms with Crippen molar-refractivity contribution in [1.82, 2.24) is 15.0 Å². The van der Waals surface area contributed by atoms with Crippen LogP contribution in [0.5, 0.6) is 0 Å². The van der Waals surface area contributed by atoms with Crippen LogP contribution in [0.2, 0.25) is 0 Å². The summed E-state index contributed by atoms with van der Waals surface area (Å²) in [6.07, 6.45) is 0.408. The number of esters is 1. The third kappa shape index (κ3) is 3.47. The maximum Gasteiger partial charge on any atom is 0.339 e. The molecule has 2 aromatic rings. The van der Waals surface area contributed by atoms with Crippen LogP contribution >= 0.6 is 0 Å². The van der Waals surface area contributed by atoms with Gasteiger partial charge >= 0.3 is 5.97 Å². The first-order valence-electron chi connectivity index (χ1n) is 9.20. The molecule has 1 fully saturated rings. The number of aryl methyl sites for hydroxylation is 1. The second-order valence-electron chi connectivity index (χ2n) is 7.46. The number of carbonyl (C=O) groups is 2. The monoisotopic (exact) mass is 369 g/mol. The number of hydrogen-bond donors (Lipinski definition) is 0. The summed E-state index contributed by atoms with van der Waals surface area (Å²) in [6.45, 7) is 6.98. The number of benzene rings is 1. The van der Waals surface area contributed by atoms with Crippen molar-refractivity contribution >= 4 is 11.9 Å². The Bertz CT molecular complexity index is 870. The quantitative estimate of drug-likeness (QED) is 0.768. The van der Waals surface area contributed by atoms with Crippen molar-refractivity contribution in [2.75, 3.05) is 26.2 Å². The van der Waals surface area contributed by atoms with E-state index in [1.165, 1.54) is 0 Å². The summed E-state index contributed by atoms with van der Waals surface area (Å²) in [6, 6.07) is 9.24. The molecule has 3 heterocycles. The molecule has 0 saturated carbocycles. The van der Waals surface area contributed by atoms with Crippen LogP contribution in [-0.2, 0) is 22.5 Å². The SMILES string of the molecule is Cc1cc(CN2CCN(C(=O)C3(C)Cc4ccccc4C(=O)O3)CC2)on1. The standard InChI is InChI=1S/C20H23N3O4/c1-14-11-16(27-21-14)13-22-7-9-23(10-8-22)19(25)20(2)12-15-5-3-4-6-17(15)18(24)26-20/h3-6,11H,7-10,12-13H2,1-2H3. The number of nitrogens with zero attached hydrogens (tertiary/aromatic N) is 3. The van der Waals surface area contributed by atoms with Crippen LogP contribution < -0.4 is 0 Å². The van der Waals surface area contributed by atoms with Gasteiger partial charge in [0, 0.05) is 38.7 Å². The predicted octanol–water partition coefficient (Wildman–Crippen LogP) is 1.80. The second-order valence-corrected chi connectivity index (χ2v) is 7.46. The van der Waals surface area contributed by atoms with Crippen LogP contribution in [0.3, 0.4) is 0 Å². The smallest absolute Gasteiger partial charge is 0.339 e. The molecule has 0 bridgehead atoms. The Morgan fingerprint density at radius 1 is 1.22 bits per heavy atom. The fourth-order valence-corrected chi connectivity index (χ4v) is 3.81. The van der Waals surface area contributed by atoms with Gasteiger partial charge in [-0.15, -0.1) is 0 Å². The Hall–Kier alpha value is -2.67. The molecule has 27 heavy (non-hydrogen) atoms. The molecule has 1 saturated heterocycles. The van der Waals surface area contributed by atoms with E-state index < -0.39 is 11.6 Å². The van der Waals surface area contributed by atoms with Gasteiger partial charge < -0.3 is 14.2 Å². The van der Waals surface area contributed by atoms with Gasteiger partial charge in [-0.05, 0) is 25.5 Å². The minimum Gasteiger partial charge on any atom is -0.445 e. The lowest BCUT2D eigenvalue weighted by atomic mass is 9.88. The molecule has 4 rings (SSSR count). The van der Waals surface area contributed by atoms with Crippen LogP contribution in [0.4, 0.5) is 0 Å². The van der Waals surface area contributed by atoms with Crippen molar-refractivity contribution in [3.8, 4) is 0 Å². The molecule has 0 radical (unpaired) electrons. The van der Waals surface area contributed by atoms with Crippen molar-refractivity contribution in [2.24, 2.45) is 0 Å². The third-order valence-corrected chi connectivity index (χ3v) is 5.25. The Morgan fingerprint density at radius 3 is 2.67 bits per heavy atom. The maximum atomic E-state index is 13.1. The summed E-state index contributed by atoms with van der Waals surface area (Å²) in [5.41, 5.74) is 1.14. The Labute approximate surface area is 157 Å². The highest BCUT2D eigenvalue weighted by Gasteiger charge is 2.45. The van der Waals surface area contributed by atoms with Crippen LogP contribution in [0, 0.1) is 6.92 Å². The minimum absolute atomic E-state index is 0.125. The maximum absolute atomic E-state index is 13.1. The summed E-state index contributed by atoms with van der Waals surface area (Å²) >= 11 is 0. The molecule has 1 unspecified atom stereocenters. The van der Waals surface area contributed by atoms with Crippen LogP contribution in [0.15, 0.2) is 34.9 Å². The molecule has 1 aromatic heterocycles. The number of rotatable bonds is 3. The molecular weight excluding hydrogens is 346 g/mol. The molecule has 7 heteroatoms. The van der Waals surface area contributed by atoms with E-state index in [0.717, 1.165) is 30.1 Å². The molecule has 0 aliphatic carbocycles. The molecule has 0 spiro atoms. The zero-order valence-electron chi connectivity index (χ0n) is 15.6. The van der Waals surface area contributed by atoms with Crippen LogP contribution in [0.1, 0.15) is 34.3 Å². The largest absolute Gasteiger partial charge is 0.445 e. The Kier molecular flexibility index (Phi) is 4.47. The Balaban J connectivity index is 1.40. The van der Waals surface area contributed by atoms with E-state index >= 15 is 0 Å². The Morgan fingerprint density at radius 2 is 1.96 bits per heavy atom. The number of cyclic esters (lactones) is 1. The van der Waals surface area contributed by atoms with Gasteiger partial charge in [-0.25, -0.2) is 4.79 Å². The van der Waals surface area contributed by atoms with E-state index in [2.05, 4.69) is 10.1 Å². The zero-order chi connectivity index (χ0) is 19.0. The summed E-state index contributed by atoms with van der Waals surface area (Å²) in [5, 5.41) is 3.91. The van der Waals surface area contributed by atoms with Crippen molar-refractivity contribution in [1.29, 1.82) is 0 Å². The molecular formula is C20H23N3O4. The number of amides is 1. The summed E-state index contributed by atoms with van der Waals surface area (Å²) in [7, 11) is 0.